The van der Waals surface area contributed by atoms with Crippen LogP contribution in [0.25, 0.3) is 0 Å². The number of aromatic nitrogens is 2. The van der Waals surface area contributed by atoms with Crippen molar-refractivity contribution in [2.24, 2.45) is 0 Å². The number of aryl methyl sites for hydroxylation is 1. The Hall–Kier alpha value is -2.13. The van der Waals surface area contributed by atoms with Crippen molar-refractivity contribution in [1.29, 1.82) is 0 Å². The van der Waals surface area contributed by atoms with E-state index in [9.17, 15) is 9.59 Å². The predicted molar refractivity (Wildman–Crippen MR) is 98.4 cm³/mol. The average molecular weight is 380 g/mol. The highest BCUT2D eigenvalue weighted by Crippen LogP contribution is 2.24. The van der Waals surface area contributed by atoms with Crippen LogP contribution >= 0.6 is 23.1 Å². The second-order valence-corrected chi connectivity index (χ2v) is 7.47. The summed E-state index contributed by atoms with van der Waals surface area (Å²) in [5.74, 6) is -0.383. The molecular weight excluding hydrogens is 360 g/mol. The number of rotatable bonds is 8. The summed E-state index contributed by atoms with van der Waals surface area (Å²) in [6, 6.07) is 7.25. The fraction of sp³-hybridized carbons (Fsp3) is 0.375. The Morgan fingerprint density at radius 3 is 2.64 bits per heavy atom. The molecule has 1 aromatic heterocycles. The van der Waals surface area contributed by atoms with Crippen LogP contribution in [0.5, 0.6) is 0 Å². The van der Waals surface area contributed by atoms with Crippen LogP contribution in [-0.4, -0.2) is 34.4 Å². The van der Waals surface area contributed by atoms with E-state index >= 15 is 0 Å². The number of nitrogens with zero attached hydrogens (tertiary/aromatic N) is 2. The number of benzene rings is 1. The molecular formula is C16H20N4O3S2. The van der Waals surface area contributed by atoms with E-state index in [1.54, 1.807) is 6.92 Å². The Morgan fingerprint density at radius 2 is 2.04 bits per heavy atom. The van der Waals surface area contributed by atoms with Crippen LogP contribution in [0.4, 0.5) is 5.13 Å². The molecule has 0 fully saturated rings. The van der Waals surface area contributed by atoms with Crippen LogP contribution in [-0.2, 0) is 14.3 Å². The van der Waals surface area contributed by atoms with Crippen molar-refractivity contribution >= 4 is 40.1 Å². The maximum atomic E-state index is 12.3. The Labute approximate surface area is 154 Å². The number of anilines is 1. The molecule has 0 saturated carbocycles. The van der Waals surface area contributed by atoms with E-state index in [0.717, 1.165) is 11.1 Å². The second-order valence-electron chi connectivity index (χ2n) is 5.23. The number of hydrogen-bond acceptors (Lipinski definition) is 8. The third-order valence-electron chi connectivity index (χ3n) is 3.24. The van der Waals surface area contributed by atoms with Crippen LogP contribution < -0.4 is 11.1 Å². The van der Waals surface area contributed by atoms with Gasteiger partial charge in [-0.2, -0.15) is 0 Å². The summed E-state index contributed by atoms with van der Waals surface area (Å²) >= 11 is 2.48. The van der Waals surface area contributed by atoms with Gasteiger partial charge in [0.1, 0.15) is 0 Å². The summed E-state index contributed by atoms with van der Waals surface area (Å²) < 4.78 is 5.63. The molecule has 1 heterocycles. The molecule has 0 unspecified atom stereocenters. The van der Waals surface area contributed by atoms with Crippen LogP contribution in [0.15, 0.2) is 28.6 Å². The number of carbonyl (C=O) groups excluding carboxylic acids is 2. The third-order valence-corrected chi connectivity index (χ3v) is 5.13. The number of hydrogen-bond donors (Lipinski definition) is 2. The zero-order valence-corrected chi connectivity index (χ0v) is 15.7. The first-order valence-corrected chi connectivity index (χ1v) is 9.51. The van der Waals surface area contributed by atoms with E-state index in [4.69, 9.17) is 10.5 Å². The summed E-state index contributed by atoms with van der Waals surface area (Å²) in [6.45, 7) is 4.04. The number of nitrogen functional groups attached to an aromatic ring is 1. The zero-order valence-electron chi connectivity index (χ0n) is 14.0. The van der Waals surface area contributed by atoms with Crippen molar-refractivity contribution in [1.82, 2.24) is 15.5 Å². The maximum absolute atomic E-state index is 12.3. The van der Waals surface area contributed by atoms with Crippen LogP contribution in [0, 0.1) is 6.92 Å². The molecule has 1 atom stereocenters. The van der Waals surface area contributed by atoms with E-state index in [0.29, 0.717) is 16.1 Å². The summed E-state index contributed by atoms with van der Waals surface area (Å²) in [5, 5.41) is 10.8. The van der Waals surface area contributed by atoms with Crippen molar-refractivity contribution in [3.8, 4) is 0 Å². The molecule has 2 rings (SSSR count). The molecule has 134 valence electrons. The van der Waals surface area contributed by atoms with Gasteiger partial charge in [-0.05, 0) is 19.4 Å². The lowest BCUT2D eigenvalue weighted by Gasteiger charge is -2.18. The van der Waals surface area contributed by atoms with Crippen molar-refractivity contribution in [2.45, 2.75) is 30.6 Å². The monoisotopic (exact) mass is 380 g/mol. The van der Waals surface area contributed by atoms with E-state index in [2.05, 4.69) is 15.5 Å². The van der Waals surface area contributed by atoms with Gasteiger partial charge in [-0.1, -0.05) is 52.9 Å². The number of thioether (sulfide) groups is 1. The van der Waals surface area contributed by atoms with Gasteiger partial charge in [0.15, 0.2) is 4.34 Å². The highest BCUT2D eigenvalue weighted by atomic mass is 32.2. The fourth-order valence-electron chi connectivity index (χ4n) is 2.08. The first kappa shape index (κ1) is 19.2. The first-order chi connectivity index (χ1) is 12.0. The van der Waals surface area contributed by atoms with Crippen LogP contribution in [0.1, 0.15) is 30.5 Å². The normalized spacial score (nSPS) is 11.8. The molecule has 0 aliphatic carbocycles. The molecule has 9 heteroatoms. The zero-order chi connectivity index (χ0) is 18.2. The van der Waals surface area contributed by atoms with Gasteiger partial charge in [-0.25, -0.2) is 0 Å². The van der Waals surface area contributed by atoms with E-state index in [1.165, 1.54) is 23.1 Å². The van der Waals surface area contributed by atoms with Crippen LogP contribution in [0.3, 0.4) is 0 Å². The first-order valence-electron chi connectivity index (χ1n) is 7.71. The minimum atomic E-state index is -0.438. The summed E-state index contributed by atoms with van der Waals surface area (Å²) in [7, 11) is 0. The third kappa shape index (κ3) is 6.35. The quantitative estimate of drug-likeness (QED) is 0.534. The largest absolute Gasteiger partial charge is 0.466 e. The molecule has 0 radical (unpaired) electrons. The molecule has 0 aliphatic rings. The molecule has 1 aromatic carbocycles. The smallest absolute Gasteiger partial charge is 0.308 e. The van der Waals surface area contributed by atoms with Crippen molar-refractivity contribution in [3.05, 3.63) is 35.4 Å². The number of esters is 1. The highest BCUT2D eigenvalue weighted by Gasteiger charge is 2.19. The lowest BCUT2D eigenvalue weighted by atomic mass is 10.0. The Balaban J connectivity index is 1.99. The van der Waals surface area contributed by atoms with Gasteiger partial charge >= 0.3 is 5.97 Å². The van der Waals surface area contributed by atoms with E-state index in [1.807, 2.05) is 31.2 Å². The molecule has 1 amide bonds. The van der Waals surface area contributed by atoms with Crippen molar-refractivity contribution in [3.63, 3.8) is 0 Å². The summed E-state index contributed by atoms with van der Waals surface area (Å²) in [6.07, 6.45) is 0.0824. The molecule has 0 saturated heterocycles. The predicted octanol–water partition coefficient (Wildman–Crippen LogP) is 2.33. The molecule has 7 nitrogen and oxygen atoms in total. The van der Waals surface area contributed by atoms with Crippen LogP contribution in [0.2, 0.25) is 0 Å². The number of amides is 1. The van der Waals surface area contributed by atoms with Gasteiger partial charge in [0.2, 0.25) is 11.0 Å². The SMILES string of the molecule is CCOC(=O)C[C@H](NC(=O)CSc1nnc(N)s1)c1ccc(C)cc1. The lowest BCUT2D eigenvalue weighted by molar-refractivity contribution is -0.143. The Morgan fingerprint density at radius 1 is 1.32 bits per heavy atom. The number of carbonyl (C=O) groups is 2. The van der Waals surface area contributed by atoms with Crippen molar-refractivity contribution in [2.75, 3.05) is 18.1 Å². The summed E-state index contributed by atoms with van der Waals surface area (Å²) in [5.41, 5.74) is 7.48. The molecule has 3 N–H and O–H groups in total. The molecule has 2 aromatic rings. The van der Waals surface area contributed by atoms with Gasteiger partial charge in [-0.3, -0.25) is 9.59 Å². The fourth-order valence-corrected chi connectivity index (χ4v) is 3.53. The standard InChI is InChI=1S/C16H20N4O3S2/c1-3-23-14(22)8-12(11-6-4-10(2)5-7-11)18-13(21)9-24-16-20-19-15(17)25-16/h4-7,12H,3,8-9H2,1-2H3,(H2,17,19)(H,18,21)/t12-/m0/s1. The maximum Gasteiger partial charge on any atom is 0.308 e. The molecule has 25 heavy (non-hydrogen) atoms. The number of nitrogens with two attached hydrogens (primary N) is 1. The topological polar surface area (TPSA) is 107 Å². The van der Waals surface area contributed by atoms with Crippen molar-refractivity contribution < 1.29 is 14.3 Å². The lowest BCUT2D eigenvalue weighted by Crippen LogP contribution is -2.31. The summed E-state index contributed by atoms with van der Waals surface area (Å²) in [4.78, 5) is 24.1. The number of nitrogens with one attached hydrogen (secondary N) is 1. The Bertz CT molecular complexity index is 718. The minimum absolute atomic E-state index is 0.0824. The van der Waals surface area contributed by atoms with Gasteiger partial charge in [0, 0.05) is 0 Å². The minimum Gasteiger partial charge on any atom is -0.466 e. The van der Waals surface area contributed by atoms with E-state index < -0.39 is 6.04 Å². The van der Waals surface area contributed by atoms with Gasteiger partial charge in [-0.15, -0.1) is 10.2 Å². The second kappa shape index (κ2) is 9.38. The highest BCUT2D eigenvalue weighted by molar-refractivity contribution is 8.01. The molecule has 0 bridgehead atoms. The number of ether oxygens (including phenoxy) is 1. The Kier molecular flexibility index (Phi) is 7.20. The van der Waals surface area contributed by atoms with Gasteiger partial charge < -0.3 is 15.8 Å². The molecule has 0 aliphatic heterocycles. The molecule has 0 spiro atoms. The average Bonchev–Trinajstić information content (AvgIpc) is 2.99. The van der Waals surface area contributed by atoms with E-state index in [-0.39, 0.29) is 24.1 Å². The van der Waals surface area contributed by atoms with Gasteiger partial charge in [0.05, 0.1) is 24.8 Å². The van der Waals surface area contributed by atoms with Gasteiger partial charge in [0.25, 0.3) is 0 Å².